The van der Waals surface area contributed by atoms with E-state index in [1.54, 1.807) is 7.05 Å². The molecule has 0 amide bonds. The van der Waals surface area contributed by atoms with Gasteiger partial charge in [0.25, 0.3) is 0 Å². The van der Waals surface area contributed by atoms with E-state index in [0.717, 1.165) is 36.8 Å². The summed E-state index contributed by atoms with van der Waals surface area (Å²) in [5, 5.41) is 0. The molecule has 2 fully saturated rings. The van der Waals surface area contributed by atoms with Crippen LogP contribution in [-0.4, -0.2) is 39.1 Å². The highest BCUT2D eigenvalue weighted by Gasteiger charge is 2.47. The summed E-state index contributed by atoms with van der Waals surface area (Å²) in [6, 6.07) is 5.81. The average Bonchev–Trinajstić information content (AvgIpc) is 3.19. The number of esters is 1. The van der Waals surface area contributed by atoms with Gasteiger partial charge in [0, 0.05) is 13.5 Å². The number of aryl methyl sites for hydroxylation is 2. The van der Waals surface area contributed by atoms with E-state index in [-0.39, 0.29) is 18.1 Å². The third-order valence-electron chi connectivity index (χ3n) is 6.45. The maximum absolute atomic E-state index is 12.2. The predicted octanol–water partition coefficient (Wildman–Crippen LogP) is 3.41. The third kappa shape index (κ3) is 4.82. The van der Waals surface area contributed by atoms with Crippen molar-refractivity contribution in [3.05, 3.63) is 29.3 Å². The van der Waals surface area contributed by atoms with Crippen molar-refractivity contribution in [1.29, 1.82) is 0 Å². The van der Waals surface area contributed by atoms with Crippen molar-refractivity contribution in [2.45, 2.75) is 70.3 Å². The SMILES string of the molecule is CCc1cc(CCC2(C3CCCC3)CC(=O)CC(=O)O2)ccc1N(C)S(C)(=O)=O. The van der Waals surface area contributed by atoms with E-state index in [0.29, 0.717) is 31.4 Å². The van der Waals surface area contributed by atoms with E-state index in [2.05, 4.69) is 0 Å². The second-order valence-electron chi connectivity index (χ2n) is 8.46. The standard InChI is InChI=1S/C22H31NO5S/c1-4-17-13-16(9-10-20(17)23(2)29(3,26)27)11-12-22(18-7-5-6-8-18)15-19(24)14-21(25)28-22/h9-10,13,18H,4-8,11-12,14-15H2,1-3H3. The number of ketones is 1. The van der Waals surface area contributed by atoms with Crippen LogP contribution in [0.15, 0.2) is 18.2 Å². The van der Waals surface area contributed by atoms with E-state index >= 15 is 0 Å². The Morgan fingerprint density at radius 2 is 1.90 bits per heavy atom. The van der Waals surface area contributed by atoms with E-state index in [1.165, 1.54) is 10.6 Å². The maximum Gasteiger partial charge on any atom is 0.313 e. The van der Waals surface area contributed by atoms with Crippen molar-refractivity contribution < 1.29 is 22.7 Å². The molecule has 1 aromatic rings. The number of rotatable bonds is 7. The molecular formula is C22H31NO5S. The van der Waals surface area contributed by atoms with Gasteiger partial charge in [-0.25, -0.2) is 8.42 Å². The number of carbonyl (C=O) groups is 2. The molecule has 1 saturated carbocycles. The lowest BCUT2D eigenvalue weighted by Gasteiger charge is -2.41. The summed E-state index contributed by atoms with van der Waals surface area (Å²) in [7, 11) is -1.76. The summed E-state index contributed by atoms with van der Waals surface area (Å²) in [6.45, 7) is 2.00. The fraction of sp³-hybridized carbons (Fsp3) is 0.636. The number of carbonyl (C=O) groups excluding carboxylic acids is 2. The van der Waals surface area contributed by atoms with Crippen LogP contribution in [0.2, 0.25) is 0 Å². The molecule has 1 aliphatic carbocycles. The number of Topliss-reactive ketones (excluding diaryl/α,β-unsaturated/α-hetero) is 1. The van der Waals surface area contributed by atoms with Gasteiger partial charge in [0.2, 0.25) is 10.0 Å². The molecule has 1 saturated heterocycles. The van der Waals surface area contributed by atoms with Crippen molar-refractivity contribution >= 4 is 27.5 Å². The van der Waals surface area contributed by atoms with Crippen molar-refractivity contribution in [1.82, 2.24) is 0 Å². The third-order valence-corrected chi connectivity index (χ3v) is 7.64. The maximum atomic E-state index is 12.2. The molecule has 0 radical (unpaired) electrons. The van der Waals surface area contributed by atoms with Gasteiger partial charge < -0.3 is 4.74 Å². The van der Waals surface area contributed by atoms with E-state index in [4.69, 9.17) is 4.74 Å². The second kappa shape index (κ2) is 8.46. The number of ether oxygens (including phenoxy) is 1. The number of nitrogens with zero attached hydrogens (tertiary/aromatic N) is 1. The van der Waals surface area contributed by atoms with Crippen molar-refractivity contribution in [2.24, 2.45) is 5.92 Å². The number of anilines is 1. The van der Waals surface area contributed by atoms with Crippen molar-refractivity contribution in [2.75, 3.05) is 17.6 Å². The molecule has 1 atom stereocenters. The monoisotopic (exact) mass is 421 g/mol. The van der Waals surface area contributed by atoms with Crippen LogP contribution in [0.5, 0.6) is 0 Å². The second-order valence-corrected chi connectivity index (χ2v) is 10.5. The first kappa shape index (κ1) is 21.8. The molecule has 0 aromatic heterocycles. The zero-order chi connectivity index (χ0) is 21.2. The molecule has 7 heteroatoms. The predicted molar refractivity (Wildman–Crippen MR) is 112 cm³/mol. The Hall–Kier alpha value is -1.89. The number of hydrogen-bond donors (Lipinski definition) is 0. The van der Waals surface area contributed by atoms with Gasteiger partial charge in [-0.05, 0) is 55.2 Å². The Kier molecular flexibility index (Phi) is 6.36. The molecule has 3 rings (SSSR count). The van der Waals surface area contributed by atoms with Gasteiger partial charge in [-0.3, -0.25) is 13.9 Å². The van der Waals surface area contributed by atoms with Crippen LogP contribution in [0.4, 0.5) is 5.69 Å². The molecule has 1 heterocycles. The van der Waals surface area contributed by atoms with Gasteiger partial charge in [0.15, 0.2) is 0 Å². The van der Waals surface area contributed by atoms with E-state index < -0.39 is 21.6 Å². The van der Waals surface area contributed by atoms with Gasteiger partial charge in [-0.15, -0.1) is 0 Å². The molecule has 0 spiro atoms. The molecule has 1 unspecified atom stereocenters. The molecule has 160 valence electrons. The van der Waals surface area contributed by atoms with E-state index in [1.807, 2.05) is 25.1 Å². The molecule has 29 heavy (non-hydrogen) atoms. The topological polar surface area (TPSA) is 80.8 Å². The van der Waals surface area contributed by atoms with Gasteiger partial charge in [0.05, 0.1) is 11.9 Å². The lowest BCUT2D eigenvalue weighted by molar-refractivity contribution is -0.178. The summed E-state index contributed by atoms with van der Waals surface area (Å²) < 4.78 is 31.0. The molecule has 1 aromatic carbocycles. The first-order chi connectivity index (χ1) is 13.6. The number of hydrogen-bond acceptors (Lipinski definition) is 5. The summed E-state index contributed by atoms with van der Waals surface area (Å²) in [6.07, 6.45) is 7.66. The van der Waals surface area contributed by atoms with E-state index in [9.17, 15) is 18.0 Å². The van der Waals surface area contributed by atoms with Crippen molar-refractivity contribution in [3.8, 4) is 0 Å². The van der Waals surface area contributed by atoms with Gasteiger partial charge in [-0.1, -0.05) is 31.9 Å². The van der Waals surface area contributed by atoms with Crippen LogP contribution in [0, 0.1) is 5.92 Å². The molecular weight excluding hydrogens is 390 g/mol. The van der Waals surface area contributed by atoms with Crippen LogP contribution >= 0.6 is 0 Å². The highest BCUT2D eigenvalue weighted by molar-refractivity contribution is 7.92. The minimum Gasteiger partial charge on any atom is -0.458 e. The minimum absolute atomic E-state index is 0.0208. The van der Waals surface area contributed by atoms with Crippen LogP contribution in [0.1, 0.15) is 63.0 Å². The minimum atomic E-state index is -3.33. The Balaban J connectivity index is 1.82. The highest BCUT2D eigenvalue weighted by Crippen LogP contribution is 2.44. The van der Waals surface area contributed by atoms with Crippen LogP contribution < -0.4 is 4.31 Å². The first-order valence-corrected chi connectivity index (χ1v) is 12.3. The Bertz CT molecular complexity index is 870. The molecule has 0 bridgehead atoms. The Labute approximate surface area is 173 Å². The molecule has 6 nitrogen and oxygen atoms in total. The zero-order valence-corrected chi connectivity index (χ0v) is 18.4. The highest BCUT2D eigenvalue weighted by atomic mass is 32.2. The summed E-state index contributed by atoms with van der Waals surface area (Å²) in [5.74, 6) is -0.169. The van der Waals surface area contributed by atoms with Crippen molar-refractivity contribution in [3.63, 3.8) is 0 Å². The Morgan fingerprint density at radius 3 is 2.48 bits per heavy atom. The van der Waals surface area contributed by atoms with Gasteiger partial charge in [-0.2, -0.15) is 0 Å². The van der Waals surface area contributed by atoms with Crippen LogP contribution in [0.3, 0.4) is 0 Å². The quantitative estimate of drug-likeness (QED) is 0.498. The number of cyclic esters (lactones) is 1. The molecule has 2 aliphatic rings. The fourth-order valence-corrected chi connectivity index (χ4v) is 5.33. The lowest BCUT2D eigenvalue weighted by atomic mass is 9.76. The Morgan fingerprint density at radius 1 is 1.21 bits per heavy atom. The van der Waals surface area contributed by atoms with Gasteiger partial charge >= 0.3 is 5.97 Å². The summed E-state index contributed by atoms with van der Waals surface area (Å²) in [4.78, 5) is 24.3. The fourth-order valence-electron chi connectivity index (χ4n) is 4.80. The normalized spacial score (nSPS) is 23.3. The smallest absolute Gasteiger partial charge is 0.313 e. The lowest BCUT2D eigenvalue weighted by Crippen LogP contribution is -2.48. The molecule has 0 N–H and O–H groups in total. The van der Waals surface area contributed by atoms with Gasteiger partial charge in [0.1, 0.15) is 17.8 Å². The molecule has 1 aliphatic heterocycles. The summed E-state index contributed by atoms with van der Waals surface area (Å²) >= 11 is 0. The first-order valence-electron chi connectivity index (χ1n) is 10.4. The zero-order valence-electron chi connectivity index (χ0n) is 17.6. The number of sulfonamides is 1. The largest absolute Gasteiger partial charge is 0.458 e. The van der Waals surface area contributed by atoms with Crippen LogP contribution in [-0.2, 0) is 37.2 Å². The number of benzene rings is 1. The summed E-state index contributed by atoms with van der Waals surface area (Å²) in [5.41, 5.74) is 2.03. The average molecular weight is 422 g/mol. The van der Waals surface area contributed by atoms with Crippen LogP contribution in [0.25, 0.3) is 0 Å².